The van der Waals surface area contributed by atoms with E-state index in [2.05, 4.69) is 0 Å². The number of aliphatic hydroxyl groups excluding tert-OH is 2. The van der Waals surface area contributed by atoms with E-state index in [4.69, 9.17) is 14.6 Å². The molecule has 2 aromatic rings. The second-order valence-corrected chi connectivity index (χ2v) is 7.13. The highest BCUT2D eigenvalue weighted by atomic mass is 16.6. The lowest BCUT2D eigenvalue weighted by atomic mass is 9.95. The average Bonchev–Trinajstić information content (AvgIpc) is 3.07. The molecular weight excluding hydrogens is 432 g/mol. The van der Waals surface area contributed by atoms with Crippen LogP contribution in [0.15, 0.2) is 54.1 Å². The number of rotatable bonds is 10. The summed E-state index contributed by atoms with van der Waals surface area (Å²) in [5.41, 5.74) is 0.475. The molecule has 0 saturated carbocycles. The van der Waals surface area contributed by atoms with E-state index in [1.807, 2.05) is 6.92 Å². The minimum absolute atomic E-state index is 0.0201. The molecule has 1 atom stereocenters. The Balaban J connectivity index is 2.04. The molecule has 2 N–H and O–H groups in total. The van der Waals surface area contributed by atoms with E-state index >= 15 is 0 Å². The van der Waals surface area contributed by atoms with E-state index in [9.17, 15) is 24.8 Å². The normalized spacial score (nSPS) is 17.4. The standard InChI is InChI=1S/C23H24N2O8/c1-2-33-18-9-5-16(6-10-18)21(27)19-20(15-3-7-17(8-4-15)25(30)31)24(23(29)22(19)28)11-13-32-14-12-26/h3-10,20,26-27H,2,11-14H2,1H3/b21-19-. The van der Waals surface area contributed by atoms with Gasteiger partial charge in [0.1, 0.15) is 11.5 Å². The second kappa shape index (κ2) is 10.7. The van der Waals surface area contributed by atoms with Crippen LogP contribution in [0.2, 0.25) is 0 Å². The molecule has 0 spiro atoms. The third kappa shape index (κ3) is 5.18. The molecular formula is C23H24N2O8. The van der Waals surface area contributed by atoms with Crippen LogP contribution in [0.5, 0.6) is 5.75 Å². The number of carbonyl (C=O) groups is 2. The first-order valence-corrected chi connectivity index (χ1v) is 10.3. The molecule has 174 valence electrons. The number of nitro benzene ring substituents is 1. The third-order valence-electron chi connectivity index (χ3n) is 5.11. The summed E-state index contributed by atoms with van der Waals surface area (Å²) in [6.45, 7) is 2.26. The van der Waals surface area contributed by atoms with Gasteiger partial charge in [0.15, 0.2) is 0 Å². The monoisotopic (exact) mass is 456 g/mol. The minimum Gasteiger partial charge on any atom is -0.507 e. The molecule has 1 fully saturated rings. The number of carbonyl (C=O) groups excluding carboxylic acids is 2. The average molecular weight is 456 g/mol. The van der Waals surface area contributed by atoms with E-state index in [1.165, 1.54) is 29.2 Å². The largest absolute Gasteiger partial charge is 0.507 e. The molecule has 2 aromatic carbocycles. The number of non-ortho nitro benzene ring substituents is 1. The van der Waals surface area contributed by atoms with Crippen molar-refractivity contribution in [1.82, 2.24) is 4.90 Å². The Kier molecular flexibility index (Phi) is 7.75. The smallest absolute Gasteiger partial charge is 0.295 e. The van der Waals surface area contributed by atoms with Crippen LogP contribution >= 0.6 is 0 Å². The van der Waals surface area contributed by atoms with Crippen molar-refractivity contribution in [1.29, 1.82) is 0 Å². The number of benzene rings is 2. The summed E-state index contributed by atoms with van der Waals surface area (Å²) in [6.07, 6.45) is 0. The molecule has 0 aromatic heterocycles. The Morgan fingerprint density at radius 3 is 2.33 bits per heavy atom. The molecule has 0 radical (unpaired) electrons. The zero-order valence-electron chi connectivity index (χ0n) is 18.0. The Labute approximate surface area is 189 Å². The molecule has 1 aliphatic rings. The van der Waals surface area contributed by atoms with E-state index in [0.717, 1.165) is 0 Å². The maximum absolute atomic E-state index is 12.9. The number of ether oxygens (including phenoxy) is 2. The first-order chi connectivity index (χ1) is 15.9. The predicted octanol–water partition coefficient (Wildman–Crippen LogP) is 2.42. The van der Waals surface area contributed by atoms with Gasteiger partial charge in [-0.2, -0.15) is 0 Å². The molecule has 1 unspecified atom stereocenters. The summed E-state index contributed by atoms with van der Waals surface area (Å²) >= 11 is 0. The van der Waals surface area contributed by atoms with E-state index < -0.39 is 22.7 Å². The van der Waals surface area contributed by atoms with Crippen molar-refractivity contribution < 1.29 is 34.2 Å². The highest BCUT2D eigenvalue weighted by molar-refractivity contribution is 6.46. The maximum atomic E-state index is 12.9. The van der Waals surface area contributed by atoms with Gasteiger partial charge in [-0.15, -0.1) is 0 Å². The number of aliphatic hydroxyl groups is 2. The SMILES string of the molecule is CCOc1ccc(/C(O)=C2/C(=O)C(=O)N(CCOCCO)C2c2ccc([N+](=O)[O-])cc2)cc1. The molecule has 3 rings (SSSR count). The summed E-state index contributed by atoms with van der Waals surface area (Å²) in [5, 5.41) is 30.9. The summed E-state index contributed by atoms with van der Waals surface area (Å²) in [6, 6.07) is 10.9. The van der Waals surface area contributed by atoms with Crippen molar-refractivity contribution in [2.75, 3.05) is 33.0 Å². The number of likely N-dealkylation sites (tertiary alicyclic amines) is 1. The van der Waals surface area contributed by atoms with Crippen molar-refractivity contribution in [3.63, 3.8) is 0 Å². The van der Waals surface area contributed by atoms with Crippen LogP contribution in [0, 0.1) is 10.1 Å². The van der Waals surface area contributed by atoms with Gasteiger partial charge >= 0.3 is 0 Å². The fourth-order valence-electron chi connectivity index (χ4n) is 3.60. The lowest BCUT2D eigenvalue weighted by Gasteiger charge is -2.25. The van der Waals surface area contributed by atoms with Crippen LogP contribution in [0.25, 0.3) is 5.76 Å². The van der Waals surface area contributed by atoms with E-state index in [0.29, 0.717) is 23.5 Å². The number of hydrogen-bond donors (Lipinski definition) is 2. The van der Waals surface area contributed by atoms with Gasteiger partial charge in [0.05, 0.1) is 43.0 Å². The Bertz CT molecular complexity index is 1050. The van der Waals surface area contributed by atoms with Gasteiger partial charge in [0.25, 0.3) is 17.4 Å². The summed E-state index contributed by atoms with van der Waals surface area (Å²) < 4.78 is 10.6. The summed E-state index contributed by atoms with van der Waals surface area (Å²) in [7, 11) is 0. The number of nitrogens with zero attached hydrogens (tertiary/aromatic N) is 2. The lowest BCUT2D eigenvalue weighted by molar-refractivity contribution is -0.384. The molecule has 0 bridgehead atoms. The van der Waals surface area contributed by atoms with Gasteiger partial charge < -0.3 is 24.6 Å². The molecule has 1 amide bonds. The van der Waals surface area contributed by atoms with Gasteiger partial charge in [-0.25, -0.2) is 0 Å². The molecule has 10 nitrogen and oxygen atoms in total. The first-order valence-electron chi connectivity index (χ1n) is 10.3. The quantitative estimate of drug-likeness (QED) is 0.139. The fraction of sp³-hybridized carbons (Fsp3) is 0.304. The molecule has 1 heterocycles. The van der Waals surface area contributed by atoms with Crippen molar-refractivity contribution in [2.45, 2.75) is 13.0 Å². The van der Waals surface area contributed by atoms with Gasteiger partial charge in [-0.05, 0) is 48.9 Å². The molecule has 0 aliphatic carbocycles. The minimum atomic E-state index is -0.963. The number of amides is 1. The van der Waals surface area contributed by atoms with Crippen LogP contribution in [-0.2, 0) is 14.3 Å². The van der Waals surface area contributed by atoms with Crippen molar-refractivity contribution in [3.8, 4) is 5.75 Å². The first kappa shape index (κ1) is 23.9. The zero-order chi connectivity index (χ0) is 24.0. The fourth-order valence-corrected chi connectivity index (χ4v) is 3.60. The second-order valence-electron chi connectivity index (χ2n) is 7.13. The highest BCUT2D eigenvalue weighted by Gasteiger charge is 2.46. The van der Waals surface area contributed by atoms with E-state index in [1.54, 1.807) is 24.3 Å². The summed E-state index contributed by atoms with van der Waals surface area (Å²) in [5.74, 6) is -1.47. The van der Waals surface area contributed by atoms with Gasteiger partial charge in [0.2, 0.25) is 0 Å². The van der Waals surface area contributed by atoms with Gasteiger partial charge in [-0.1, -0.05) is 0 Å². The number of ketones is 1. The number of hydrogen-bond acceptors (Lipinski definition) is 8. The number of Topliss-reactive ketones (excluding diaryl/α,β-unsaturated/α-hetero) is 1. The molecule has 1 saturated heterocycles. The van der Waals surface area contributed by atoms with Crippen LogP contribution in [0.3, 0.4) is 0 Å². The van der Waals surface area contributed by atoms with Gasteiger partial charge in [-0.3, -0.25) is 19.7 Å². The predicted molar refractivity (Wildman–Crippen MR) is 118 cm³/mol. The van der Waals surface area contributed by atoms with Crippen molar-refractivity contribution >= 4 is 23.1 Å². The maximum Gasteiger partial charge on any atom is 0.295 e. The molecule has 1 aliphatic heterocycles. The topological polar surface area (TPSA) is 139 Å². The van der Waals surface area contributed by atoms with Crippen LogP contribution in [0.4, 0.5) is 5.69 Å². The van der Waals surface area contributed by atoms with Crippen LogP contribution in [0.1, 0.15) is 24.1 Å². The van der Waals surface area contributed by atoms with Crippen molar-refractivity contribution in [3.05, 3.63) is 75.3 Å². The van der Waals surface area contributed by atoms with Crippen molar-refractivity contribution in [2.24, 2.45) is 0 Å². The Morgan fingerprint density at radius 2 is 1.76 bits per heavy atom. The highest BCUT2D eigenvalue weighted by Crippen LogP contribution is 2.39. The lowest BCUT2D eigenvalue weighted by Crippen LogP contribution is -2.33. The Morgan fingerprint density at radius 1 is 1.09 bits per heavy atom. The van der Waals surface area contributed by atoms with E-state index in [-0.39, 0.29) is 43.4 Å². The number of nitro groups is 1. The Hall–Kier alpha value is -3.76. The molecule has 10 heteroatoms. The van der Waals surface area contributed by atoms with Crippen LogP contribution < -0.4 is 4.74 Å². The third-order valence-corrected chi connectivity index (χ3v) is 5.11. The van der Waals surface area contributed by atoms with Crippen LogP contribution in [-0.4, -0.2) is 64.7 Å². The van der Waals surface area contributed by atoms with Gasteiger partial charge in [0, 0.05) is 24.2 Å². The zero-order valence-corrected chi connectivity index (χ0v) is 18.0. The summed E-state index contributed by atoms with van der Waals surface area (Å²) in [4.78, 5) is 37.5. The molecule has 33 heavy (non-hydrogen) atoms.